The van der Waals surface area contributed by atoms with Gasteiger partial charge < -0.3 is 15.7 Å². The molecule has 1 saturated heterocycles. The molecule has 0 saturated carbocycles. The lowest BCUT2D eigenvalue weighted by atomic mass is 9.97. The van der Waals surface area contributed by atoms with Crippen molar-refractivity contribution in [3.63, 3.8) is 0 Å². The Morgan fingerprint density at radius 1 is 1.56 bits per heavy atom. The van der Waals surface area contributed by atoms with E-state index < -0.39 is 6.09 Å². The minimum Gasteiger partial charge on any atom is -0.465 e. The summed E-state index contributed by atoms with van der Waals surface area (Å²) in [5, 5.41) is 13.0. The molecule has 1 aliphatic rings. The first-order valence-corrected chi connectivity index (χ1v) is 6.12. The van der Waals surface area contributed by atoms with Crippen molar-refractivity contribution in [2.24, 2.45) is 0 Å². The summed E-state index contributed by atoms with van der Waals surface area (Å²) in [5.74, 6) is 0.548. The number of likely N-dealkylation sites (tertiary alicyclic amines) is 1. The highest BCUT2D eigenvalue weighted by molar-refractivity contribution is 9.10. The number of carbonyl (C=O) groups is 1. The summed E-state index contributed by atoms with van der Waals surface area (Å²) in [6, 6.07) is 1.92. The molecule has 0 spiro atoms. The monoisotopic (exact) mass is 311 g/mol. The third-order valence-corrected chi connectivity index (χ3v) is 3.74. The summed E-state index contributed by atoms with van der Waals surface area (Å²) in [6.07, 6.45) is 0.506. The standard InChI is InChI=1S/C10H10BrN5O2/c11-6-1-7(5-2-15(3-5)10(17)18)16-8(6)9(12)13-4-14-16/h1,4-5H,2-3H2,(H,17,18)(H2,12,13,14). The van der Waals surface area contributed by atoms with Gasteiger partial charge in [0, 0.05) is 23.5 Å². The van der Waals surface area contributed by atoms with E-state index in [-0.39, 0.29) is 5.92 Å². The van der Waals surface area contributed by atoms with Gasteiger partial charge in [0.1, 0.15) is 11.8 Å². The van der Waals surface area contributed by atoms with Gasteiger partial charge in [-0.25, -0.2) is 14.3 Å². The fraction of sp³-hybridized carbons (Fsp3) is 0.300. The smallest absolute Gasteiger partial charge is 0.407 e. The molecule has 18 heavy (non-hydrogen) atoms. The number of fused-ring (bicyclic) bond motifs is 1. The van der Waals surface area contributed by atoms with Crippen LogP contribution in [0.4, 0.5) is 10.6 Å². The molecule has 0 bridgehead atoms. The van der Waals surface area contributed by atoms with E-state index in [4.69, 9.17) is 10.8 Å². The molecule has 8 heteroatoms. The highest BCUT2D eigenvalue weighted by Gasteiger charge is 2.34. The molecule has 0 radical (unpaired) electrons. The van der Waals surface area contributed by atoms with Gasteiger partial charge in [-0.1, -0.05) is 0 Å². The van der Waals surface area contributed by atoms with Crippen molar-refractivity contribution in [1.29, 1.82) is 0 Å². The number of nitrogens with zero attached hydrogens (tertiary/aromatic N) is 4. The van der Waals surface area contributed by atoms with Gasteiger partial charge in [-0.15, -0.1) is 0 Å². The molecule has 1 fully saturated rings. The van der Waals surface area contributed by atoms with Crippen LogP contribution >= 0.6 is 15.9 Å². The van der Waals surface area contributed by atoms with E-state index in [1.54, 1.807) is 4.52 Å². The Morgan fingerprint density at radius 2 is 2.28 bits per heavy atom. The summed E-state index contributed by atoms with van der Waals surface area (Å²) >= 11 is 3.42. The predicted molar refractivity (Wildman–Crippen MR) is 67.4 cm³/mol. The quantitative estimate of drug-likeness (QED) is 0.823. The molecule has 0 aliphatic carbocycles. The number of carboxylic acid groups (broad SMARTS) is 1. The van der Waals surface area contributed by atoms with E-state index in [9.17, 15) is 4.79 Å². The zero-order valence-corrected chi connectivity index (χ0v) is 10.8. The van der Waals surface area contributed by atoms with Crippen LogP contribution in [0.2, 0.25) is 0 Å². The molecule has 2 aromatic rings. The molecule has 3 heterocycles. The minimum atomic E-state index is -0.889. The van der Waals surface area contributed by atoms with Crippen LogP contribution in [0.5, 0.6) is 0 Å². The Labute approximate surface area is 110 Å². The third kappa shape index (κ3) is 1.52. The van der Waals surface area contributed by atoms with E-state index in [1.807, 2.05) is 6.07 Å². The van der Waals surface area contributed by atoms with Gasteiger partial charge in [-0.2, -0.15) is 5.10 Å². The van der Waals surface area contributed by atoms with Crippen LogP contribution in [0, 0.1) is 0 Å². The fourth-order valence-electron chi connectivity index (χ4n) is 2.16. The van der Waals surface area contributed by atoms with Gasteiger partial charge in [0.15, 0.2) is 5.82 Å². The average molecular weight is 312 g/mol. The number of aromatic nitrogens is 3. The van der Waals surface area contributed by atoms with Crippen molar-refractivity contribution < 1.29 is 9.90 Å². The Hall–Kier alpha value is -1.83. The number of rotatable bonds is 1. The van der Waals surface area contributed by atoms with Crippen molar-refractivity contribution in [1.82, 2.24) is 19.5 Å². The molecule has 0 atom stereocenters. The first kappa shape index (κ1) is 11.3. The topological polar surface area (TPSA) is 96.8 Å². The van der Waals surface area contributed by atoms with Crippen molar-refractivity contribution in [3.05, 3.63) is 22.6 Å². The number of halogens is 1. The number of anilines is 1. The highest BCUT2D eigenvalue weighted by atomic mass is 79.9. The van der Waals surface area contributed by atoms with Gasteiger partial charge >= 0.3 is 6.09 Å². The van der Waals surface area contributed by atoms with Crippen molar-refractivity contribution >= 4 is 33.4 Å². The molecule has 0 aromatic carbocycles. The molecule has 1 aliphatic heterocycles. The van der Waals surface area contributed by atoms with E-state index in [0.717, 1.165) is 15.7 Å². The second kappa shape index (κ2) is 3.84. The van der Waals surface area contributed by atoms with Crippen LogP contribution < -0.4 is 5.73 Å². The number of amides is 1. The predicted octanol–water partition coefficient (Wildman–Crippen LogP) is 1.15. The Morgan fingerprint density at radius 3 is 2.94 bits per heavy atom. The first-order chi connectivity index (χ1) is 8.58. The summed E-state index contributed by atoms with van der Waals surface area (Å²) in [7, 11) is 0. The van der Waals surface area contributed by atoms with Gasteiger partial charge in [0.2, 0.25) is 0 Å². The second-order valence-electron chi connectivity index (χ2n) is 4.21. The normalized spacial score (nSPS) is 15.9. The SMILES string of the molecule is Nc1ncnn2c(C3CN(C(=O)O)C3)cc(Br)c12. The van der Waals surface area contributed by atoms with Crippen molar-refractivity contribution in [2.75, 3.05) is 18.8 Å². The number of nitrogen functional groups attached to an aromatic ring is 1. The molecule has 0 unspecified atom stereocenters. The number of hydrogen-bond acceptors (Lipinski definition) is 4. The lowest BCUT2D eigenvalue weighted by molar-refractivity contribution is 0.104. The van der Waals surface area contributed by atoms with Crippen LogP contribution in [-0.2, 0) is 0 Å². The van der Waals surface area contributed by atoms with Gasteiger partial charge in [0.05, 0.1) is 5.69 Å². The minimum absolute atomic E-state index is 0.147. The maximum atomic E-state index is 10.7. The van der Waals surface area contributed by atoms with E-state index in [0.29, 0.717) is 18.9 Å². The summed E-state index contributed by atoms with van der Waals surface area (Å²) in [4.78, 5) is 16.0. The number of nitrogens with two attached hydrogens (primary N) is 1. The van der Waals surface area contributed by atoms with Gasteiger partial charge in [-0.3, -0.25) is 0 Å². The highest BCUT2D eigenvalue weighted by Crippen LogP contribution is 2.33. The maximum Gasteiger partial charge on any atom is 0.407 e. The van der Waals surface area contributed by atoms with Crippen LogP contribution in [-0.4, -0.2) is 43.8 Å². The second-order valence-corrected chi connectivity index (χ2v) is 5.06. The van der Waals surface area contributed by atoms with Crippen molar-refractivity contribution in [2.45, 2.75) is 5.92 Å². The van der Waals surface area contributed by atoms with E-state index in [2.05, 4.69) is 26.0 Å². The third-order valence-electron chi connectivity index (χ3n) is 3.13. The van der Waals surface area contributed by atoms with Crippen LogP contribution in [0.3, 0.4) is 0 Å². The Bertz CT molecular complexity index is 634. The van der Waals surface area contributed by atoms with Crippen LogP contribution in [0.25, 0.3) is 5.52 Å². The lowest BCUT2D eigenvalue weighted by Gasteiger charge is -2.36. The summed E-state index contributed by atoms with van der Waals surface area (Å²) in [5.41, 5.74) is 7.47. The first-order valence-electron chi connectivity index (χ1n) is 5.33. The van der Waals surface area contributed by atoms with Crippen molar-refractivity contribution in [3.8, 4) is 0 Å². The Balaban J connectivity index is 2.00. The van der Waals surface area contributed by atoms with Gasteiger partial charge in [-0.05, 0) is 22.0 Å². The molecule has 1 amide bonds. The van der Waals surface area contributed by atoms with Gasteiger partial charge in [0.25, 0.3) is 0 Å². The molecule has 94 valence electrons. The zero-order valence-electron chi connectivity index (χ0n) is 9.25. The fourth-order valence-corrected chi connectivity index (χ4v) is 2.76. The van der Waals surface area contributed by atoms with E-state index >= 15 is 0 Å². The van der Waals surface area contributed by atoms with E-state index in [1.165, 1.54) is 11.2 Å². The summed E-state index contributed by atoms with van der Waals surface area (Å²) < 4.78 is 2.54. The molecule has 3 N–H and O–H groups in total. The Kier molecular flexibility index (Phi) is 2.40. The molecular formula is C10H10BrN5O2. The molecule has 3 rings (SSSR count). The summed E-state index contributed by atoms with van der Waals surface area (Å²) in [6.45, 7) is 0.968. The zero-order chi connectivity index (χ0) is 12.9. The lowest BCUT2D eigenvalue weighted by Crippen LogP contribution is -2.48. The average Bonchev–Trinajstić information content (AvgIpc) is 2.55. The largest absolute Gasteiger partial charge is 0.465 e. The molecule has 2 aromatic heterocycles. The molecule has 7 nitrogen and oxygen atoms in total. The number of hydrogen-bond donors (Lipinski definition) is 2. The van der Waals surface area contributed by atoms with Crippen LogP contribution in [0.1, 0.15) is 11.6 Å². The van der Waals surface area contributed by atoms with Crippen LogP contribution in [0.15, 0.2) is 16.9 Å². The molecular weight excluding hydrogens is 302 g/mol. The maximum absolute atomic E-state index is 10.7.